The van der Waals surface area contributed by atoms with Crippen molar-refractivity contribution in [3.05, 3.63) is 88.4 Å². The third-order valence-corrected chi connectivity index (χ3v) is 8.09. The number of anilines is 1. The fraction of sp³-hybridized carbons (Fsp3) is 0.208. The fourth-order valence-corrected chi connectivity index (χ4v) is 5.56. The topological polar surface area (TPSA) is 66.5 Å². The van der Waals surface area contributed by atoms with Crippen molar-refractivity contribution in [1.29, 1.82) is 0 Å². The molecule has 0 unspecified atom stereocenters. The van der Waals surface area contributed by atoms with Gasteiger partial charge in [0.25, 0.3) is 10.0 Å². The van der Waals surface area contributed by atoms with Gasteiger partial charge in [-0.15, -0.1) is 11.8 Å². The minimum Gasteiger partial charge on any atom is -0.354 e. The number of carbonyl (C=O) groups excluding carboxylic acids is 1. The number of halogens is 2. The predicted octanol–water partition coefficient (Wildman–Crippen LogP) is 5.80. The molecule has 0 saturated heterocycles. The molecular weight excluding hydrogens is 499 g/mol. The van der Waals surface area contributed by atoms with Crippen molar-refractivity contribution in [2.45, 2.75) is 23.1 Å². The summed E-state index contributed by atoms with van der Waals surface area (Å²) in [6.45, 7) is 2.00. The Kier molecular flexibility index (Phi) is 9.09. The Morgan fingerprint density at radius 2 is 1.61 bits per heavy atom. The van der Waals surface area contributed by atoms with Crippen LogP contribution in [0.25, 0.3) is 0 Å². The molecule has 0 aliphatic heterocycles. The molecule has 0 radical (unpaired) electrons. The molecule has 33 heavy (non-hydrogen) atoms. The molecule has 0 saturated carbocycles. The van der Waals surface area contributed by atoms with Gasteiger partial charge in [-0.25, -0.2) is 8.42 Å². The number of amides is 1. The zero-order chi connectivity index (χ0) is 23.8. The maximum absolute atomic E-state index is 13.3. The molecule has 1 amide bonds. The second-order valence-corrected chi connectivity index (χ2v) is 11.2. The molecule has 0 atom stereocenters. The summed E-state index contributed by atoms with van der Waals surface area (Å²) in [6, 6.07) is 20.5. The molecule has 1 N–H and O–H groups in total. The highest BCUT2D eigenvalue weighted by atomic mass is 35.5. The van der Waals surface area contributed by atoms with E-state index >= 15 is 0 Å². The van der Waals surface area contributed by atoms with Crippen LogP contribution < -0.4 is 9.62 Å². The molecule has 9 heteroatoms. The fourth-order valence-electron chi connectivity index (χ4n) is 3.04. The number of aryl methyl sites for hydroxylation is 1. The molecule has 0 aliphatic carbocycles. The lowest BCUT2D eigenvalue weighted by atomic mass is 10.2. The van der Waals surface area contributed by atoms with Crippen molar-refractivity contribution in [3.63, 3.8) is 0 Å². The maximum atomic E-state index is 13.3. The smallest absolute Gasteiger partial charge is 0.264 e. The number of hydrogen-bond donors (Lipinski definition) is 1. The zero-order valence-electron chi connectivity index (χ0n) is 18.0. The van der Waals surface area contributed by atoms with Gasteiger partial charge in [0.15, 0.2) is 0 Å². The molecular formula is C24H24Cl2N2O3S2. The Morgan fingerprint density at radius 1 is 0.970 bits per heavy atom. The van der Waals surface area contributed by atoms with Gasteiger partial charge in [-0.05, 0) is 85.3 Å². The van der Waals surface area contributed by atoms with E-state index in [1.165, 1.54) is 24.3 Å². The lowest BCUT2D eigenvalue weighted by Gasteiger charge is -2.24. The second-order valence-electron chi connectivity index (χ2n) is 7.31. The van der Waals surface area contributed by atoms with Crippen LogP contribution in [0.2, 0.25) is 10.0 Å². The van der Waals surface area contributed by atoms with Gasteiger partial charge in [-0.1, -0.05) is 35.3 Å². The number of rotatable bonds is 10. The van der Waals surface area contributed by atoms with Gasteiger partial charge < -0.3 is 5.32 Å². The Morgan fingerprint density at radius 3 is 2.24 bits per heavy atom. The lowest BCUT2D eigenvalue weighted by Crippen LogP contribution is -2.41. The first kappa shape index (κ1) is 25.4. The Hall–Kier alpha value is -2.19. The van der Waals surface area contributed by atoms with Gasteiger partial charge in [0, 0.05) is 21.5 Å². The first-order valence-corrected chi connectivity index (χ1v) is 13.4. The van der Waals surface area contributed by atoms with Crippen LogP contribution in [-0.4, -0.2) is 33.2 Å². The van der Waals surface area contributed by atoms with E-state index in [1.54, 1.807) is 30.0 Å². The van der Waals surface area contributed by atoms with E-state index in [-0.39, 0.29) is 17.3 Å². The summed E-state index contributed by atoms with van der Waals surface area (Å²) < 4.78 is 27.8. The van der Waals surface area contributed by atoms with Crippen LogP contribution in [0.5, 0.6) is 0 Å². The molecule has 0 fully saturated rings. The van der Waals surface area contributed by atoms with Crippen LogP contribution in [-0.2, 0) is 14.8 Å². The molecule has 5 nitrogen and oxygen atoms in total. The largest absolute Gasteiger partial charge is 0.354 e. The number of nitrogens with zero attached hydrogens (tertiary/aromatic N) is 1. The Balaban J connectivity index is 1.64. The van der Waals surface area contributed by atoms with Crippen molar-refractivity contribution < 1.29 is 13.2 Å². The summed E-state index contributed by atoms with van der Waals surface area (Å²) in [5.41, 5.74) is 1.32. The number of sulfonamides is 1. The summed E-state index contributed by atoms with van der Waals surface area (Å²) in [5.74, 6) is 0.442. The SMILES string of the molecule is Cc1cccc(N(CC(=O)NCCCSc2ccc(Cl)cc2)S(=O)(=O)c2ccc(Cl)cc2)c1. The number of thioether (sulfide) groups is 1. The first-order chi connectivity index (χ1) is 15.8. The van der Waals surface area contributed by atoms with E-state index in [9.17, 15) is 13.2 Å². The Labute approximate surface area is 209 Å². The molecule has 3 aromatic carbocycles. The standard InChI is InChI=1S/C24H24Cl2N2O3S2/c1-18-4-2-5-21(16-18)28(33(30,31)23-12-8-20(26)9-13-23)17-24(29)27-14-3-15-32-22-10-6-19(25)7-11-22/h2,4-13,16H,3,14-15,17H2,1H3,(H,27,29). The highest BCUT2D eigenvalue weighted by Gasteiger charge is 2.27. The molecule has 0 aromatic heterocycles. The van der Waals surface area contributed by atoms with Crippen molar-refractivity contribution in [2.75, 3.05) is 23.1 Å². The molecule has 0 spiro atoms. The van der Waals surface area contributed by atoms with Gasteiger partial charge in [0.05, 0.1) is 10.6 Å². The molecule has 0 heterocycles. The van der Waals surface area contributed by atoms with Gasteiger partial charge in [0.2, 0.25) is 5.91 Å². The maximum Gasteiger partial charge on any atom is 0.264 e. The van der Waals surface area contributed by atoms with Crippen LogP contribution in [0.1, 0.15) is 12.0 Å². The van der Waals surface area contributed by atoms with Gasteiger partial charge in [-0.2, -0.15) is 0 Å². The lowest BCUT2D eigenvalue weighted by molar-refractivity contribution is -0.119. The summed E-state index contributed by atoms with van der Waals surface area (Å²) in [4.78, 5) is 13.8. The van der Waals surface area contributed by atoms with E-state index in [1.807, 2.05) is 37.3 Å². The van der Waals surface area contributed by atoms with Gasteiger partial charge in [0.1, 0.15) is 6.54 Å². The third kappa shape index (κ3) is 7.40. The van der Waals surface area contributed by atoms with E-state index in [4.69, 9.17) is 23.2 Å². The summed E-state index contributed by atoms with van der Waals surface area (Å²) in [7, 11) is -3.96. The molecule has 3 rings (SSSR count). The number of nitrogens with one attached hydrogen (secondary N) is 1. The van der Waals surface area contributed by atoms with Crippen LogP contribution in [0.3, 0.4) is 0 Å². The predicted molar refractivity (Wildman–Crippen MR) is 137 cm³/mol. The number of benzene rings is 3. The van der Waals surface area contributed by atoms with E-state index in [2.05, 4.69) is 5.32 Å². The van der Waals surface area contributed by atoms with Crippen molar-refractivity contribution in [2.24, 2.45) is 0 Å². The summed E-state index contributed by atoms with van der Waals surface area (Å²) in [6.07, 6.45) is 0.743. The normalized spacial score (nSPS) is 11.2. The van der Waals surface area contributed by atoms with Crippen LogP contribution in [0, 0.1) is 6.92 Å². The minimum atomic E-state index is -3.96. The van der Waals surface area contributed by atoms with Gasteiger partial charge >= 0.3 is 0 Å². The Bertz CT molecular complexity index is 1190. The van der Waals surface area contributed by atoms with E-state index in [0.717, 1.165) is 26.9 Å². The monoisotopic (exact) mass is 522 g/mol. The van der Waals surface area contributed by atoms with Crippen LogP contribution in [0.15, 0.2) is 82.6 Å². The minimum absolute atomic E-state index is 0.0700. The van der Waals surface area contributed by atoms with Crippen molar-refractivity contribution >= 4 is 56.6 Å². The summed E-state index contributed by atoms with van der Waals surface area (Å²) >= 11 is 13.5. The number of hydrogen-bond acceptors (Lipinski definition) is 4. The second kappa shape index (κ2) is 11.8. The highest BCUT2D eigenvalue weighted by molar-refractivity contribution is 7.99. The molecule has 0 bridgehead atoms. The summed E-state index contributed by atoms with van der Waals surface area (Å²) in [5, 5.41) is 3.95. The van der Waals surface area contributed by atoms with Crippen LogP contribution in [0.4, 0.5) is 5.69 Å². The highest BCUT2D eigenvalue weighted by Crippen LogP contribution is 2.25. The molecule has 0 aliphatic rings. The molecule has 174 valence electrons. The van der Waals surface area contributed by atoms with Crippen LogP contribution >= 0.6 is 35.0 Å². The number of carbonyl (C=O) groups is 1. The first-order valence-electron chi connectivity index (χ1n) is 10.3. The van der Waals surface area contributed by atoms with Gasteiger partial charge in [-0.3, -0.25) is 9.10 Å². The van der Waals surface area contributed by atoms with E-state index in [0.29, 0.717) is 22.3 Å². The average molecular weight is 524 g/mol. The van der Waals surface area contributed by atoms with E-state index < -0.39 is 10.0 Å². The van der Waals surface area contributed by atoms with Crippen molar-refractivity contribution in [3.8, 4) is 0 Å². The quantitative estimate of drug-likeness (QED) is 0.270. The average Bonchev–Trinajstić information content (AvgIpc) is 2.78. The zero-order valence-corrected chi connectivity index (χ0v) is 21.1. The third-order valence-electron chi connectivity index (χ3n) is 4.70. The molecule has 3 aromatic rings. The van der Waals surface area contributed by atoms with Crippen molar-refractivity contribution in [1.82, 2.24) is 5.32 Å².